The lowest BCUT2D eigenvalue weighted by Gasteiger charge is -2.12. The highest BCUT2D eigenvalue weighted by molar-refractivity contribution is 9.10. The van der Waals surface area contributed by atoms with Crippen molar-refractivity contribution in [2.75, 3.05) is 19.0 Å². The molecule has 43 heavy (non-hydrogen) atoms. The lowest BCUT2D eigenvalue weighted by molar-refractivity contribution is -0.118. The first kappa shape index (κ1) is 27.9. The van der Waals surface area contributed by atoms with Gasteiger partial charge in [0.15, 0.2) is 23.9 Å². The van der Waals surface area contributed by atoms with Crippen LogP contribution in [0.3, 0.4) is 0 Å². The Hall–Kier alpha value is -5.22. The SMILES string of the molecule is COc1cc(C=Nn2c(-c3cc4cc(Br)ccc4o3)nc3ccccc3c2=O)ccc1OCC(=O)Nc1ccc(C)cc1. The predicted octanol–water partition coefficient (Wildman–Crippen LogP) is 6.79. The number of para-hydroxylation sites is 1. The van der Waals surface area contributed by atoms with E-state index in [2.05, 4.69) is 26.3 Å². The van der Waals surface area contributed by atoms with Crippen molar-refractivity contribution in [2.24, 2.45) is 5.10 Å². The Labute approximate surface area is 254 Å². The fourth-order valence-corrected chi connectivity index (χ4v) is 4.88. The zero-order valence-electron chi connectivity index (χ0n) is 23.2. The largest absolute Gasteiger partial charge is 0.493 e. The van der Waals surface area contributed by atoms with Crippen molar-refractivity contribution in [1.29, 1.82) is 0 Å². The number of furan rings is 1. The second-order valence-corrected chi connectivity index (χ2v) is 10.6. The van der Waals surface area contributed by atoms with Crippen molar-refractivity contribution in [3.63, 3.8) is 0 Å². The first-order valence-corrected chi connectivity index (χ1v) is 14.1. The molecule has 0 spiro atoms. The first-order valence-electron chi connectivity index (χ1n) is 13.3. The number of amides is 1. The number of ether oxygens (including phenoxy) is 2. The molecule has 0 fully saturated rings. The van der Waals surface area contributed by atoms with Crippen molar-refractivity contribution in [3.05, 3.63) is 117 Å². The van der Waals surface area contributed by atoms with E-state index >= 15 is 0 Å². The normalized spacial score (nSPS) is 11.3. The van der Waals surface area contributed by atoms with E-state index in [4.69, 9.17) is 18.9 Å². The molecule has 214 valence electrons. The predicted molar refractivity (Wildman–Crippen MR) is 170 cm³/mol. The number of halogens is 1. The maximum atomic E-state index is 13.6. The number of hydrogen-bond acceptors (Lipinski definition) is 7. The molecule has 0 bridgehead atoms. The molecule has 2 aromatic heterocycles. The minimum atomic E-state index is -0.343. The first-order chi connectivity index (χ1) is 20.9. The summed E-state index contributed by atoms with van der Waals surface area (Å²) in [7, 11) is 1.51. The number of methoxy groups -OCH3 is 1. The number of carbonyl (C=O) groups is 1. The number of benzene rings is 4. The van der Waals surface area contributed by atoms with Crippen LogP contribution in [0.5, 0.6) is 11.5 Å². The van der Waals surface area contributed by atoms with Crippen LogP contribution >= 0.6 is 15.9 Å². The lowest BCUT2D eigenvalue weighted by Crippen LogP contribution is -2.20. The molecular formula is C33H25BrN4O5. The molecule has 2 heterocycles. The van der Waals surface area contributed by atoms with Crippen LogP contribution in [0, 0.1) is 6.92 Å². The van der Waals surface area contributed by atoms with Crippen molar-refractivity contribution in [1.82, 2.24) is 9.66 Å². The highest BCUT2D eigenvalue weighted by Gasteiger charge is 2.17. The number of nitrogens with zero attached hydrogens (tertiary/aromatic N) is 3. The van der Waals surface area contributed by atoms with E-state index in [0.717, 1.165) is 15.4 Å². The molecule has 0 aliphatic heterocycles. The average molecular weight is 637 g/mol. The van der Waals surface area contributed by atoms with Crippen molar-refractivity contribution in [2.45, 2.75) is 6.92 Å². The van der Waals surface area contributed by atoms with Gasteiger partial charge in [-0.2, -0.15) is 9.78 Å². The number of fused-ring (bicyclic) bond motifs is 2. The maximum absolute atomic E-state index is 13.6. The van der Waals surface area contributed by atoms with Gasteiger partial charge >= 0.3 is 0 Å². The van der Waals surface area contributed by atoms with Crippen LogP contribution in [0.15, 0.2) is 110 Å². The number of aromatic nitrogens is 2. The number of carbonyl (C=O) groups excluding carboxylic acids is 1. The highest BCUT2D eigenvalue weighted by atomic mass is 79.9. The molecule has 10 heteroatoms. The molecule has 4 aromatic carbocycles. The van der Waals surface area contributed by atoms with E-state index in [-0.39, 0.29) is 23.9 Å². The van der Waals surface area contributed by atoms with Crippen LogP contribution < -0.4 is 20.3 Å². The summed E-state index contributed by atoms with van der Waals surface area (Å²) in [4.78, 5) is 30.7. The fourth-order valence-electron chi connectivity index (χ4n) is 4.50. The molecule has 0 saturated heterocycles. The molecule has 6 rings (SSSR count). The Kier molecular flexibility index (Phi) is 7.76. The van der Waals surface area contributed by atoms with Crippen LogP contribution in [0.1, 0.15) is 11.1 Å². The van der Waals surface area contributed by atoms with Gasteiger partial charge in [-0.05, 0) is 79.2 Å². The molecular weight excluding hydrogens is 612 g/mol. The van der Waals surface area contributed by atoms with Gasteiger partial charge in [0.1, 0.15) is 5.58 Å². The molecule has 9 nitrogen and oxygen atoms in total. The molecule has 1 amide bonds. The van der Waals surface area contributed by atoms with Gasteiger partial charge in [-0.25, -0.2) is 4.98 Å². The summed E-state index contributed by atoms with van der Waals surface area (Å²) in [5.41, 5.74) is 3.27. The number of hydrogen-bond donors (Lipinski definition) is 1. The van der Waals surface area contributed by atoms with Crippen molar-refractivity contribution < 1.29 is 18.7 Å². The molecule has 6 aromatic rings. The second-order valence-electron chi connectivity index (χ2n) is 9.72. The van der Waals surface area contributed by atoms with E-state index in [1.165, 1.54) is 18.0 Å². The van der Waals surface area contributed by atoms with E-state index in [1.54, 1.807) is 36.4 Å². The third kappa shape index (κ3) is 6.05. The monoisotopic (exact) mass is 636 g/mol. The Bertz CT molecular complexity index is 2070. The second kappa shape index (κ2) is 11.9. The summed E-state index contributed by atoms with van der Waals surface area (Å²) in [5.74, 6) is 1.15. The minimum absolute atomic E-state index is 0.201. The molecule has 0 saturated carbocycles. The summed E-state index contributed by atoms with van der Waals surface area (Å²) >= 11 is 3.48. The van der Waals surface area contributed by atoms with E-state index < -0.39 is 0 Å². The van der Waals surface area contributed by atoms with Crippen LogP contribution in [0.25, 0.3) is 33.5 Å². The van der Waals surface area contributed by atoms with E-state index in [1.807, 2.05) is 61.5 Å². The standard InChI is InChI=1S/C33H25BrN4O5/c1-20-7-11-24(12-8-20)36-31(39)19-42-28-13-9-21(15-29(28)41-2)18-35-38-32(37-26-6-4-3-5-25(26)33(38)40)30-17-22-16-23(34)10-14-27(22)43-30/h3-18H,19H2,1-2H3,(H,36,39). The summed E-state index contributed by atoms with van der Waals surface area (Å²) in [5, 5.41) is 8.59. The van der Waals surface area contributed by atoms with Gasteiger partial charge in [0.05, 0.1) is 24.2 Å². The van der Waals surface area contributed by atoms with Gasteiger partial charge in [0, 0.05) is 15.5 Å². The van der Waals surface area contributed by atoms with Crippen molar-refractivity contribution >= 4 is 55.6 Å². The van der Waals surface area contributed by atoms with Crippen molar-refractivity contribution in [3.8, 4) is 23.1 Å². The molecule has 1 N–H and O–H groups in total. The van der Waals surface area contributed by atoms with E-state index in [0.29, 0.717) is 45.0 Å². The quantitative estimate of drug-likeness (QED) is 0.184. The zero-order valence-corrected chi connectivity index (χ0v) is 24.8. The molecule has 0 aliphatic rings. The molecule has 0 atom stereocenters. The third-order valence-corrected chi connectivity index (χ3v) is 7.15. The smallest absolute Gasteiger partial charge is 0.282 e. The lowest BCUT2D eigenvalue weighted by atomic mass is 10.2. The van der Waals surface area contributed by atoms with Crippen LogP contribution in [-0.2, 0) is 4.79 Å². The summed E-state index contributed by atoms with van der Waals surface area (Å²) in [6.07, 6.45) is 1.52. The van der Waals surface area contributed by atoms with E-state index in [9.17, 15) is 9.59 Å². The number of rotatable bonds is 8. The highest BCUT2D eigenvalue weighted by Crippen LogP contribution is 2.30. The Morgan fingerprint density at radius 3 is 2.65 bits per heavy atom. The molecule has 0 aliphatic carbocycles. The Morgan fingerprint density at radius 1 is 1.02 bits per heavy atom. The third-order valence-electron chi connectivity index (χ3n) is 6.66. The summed E-state index contributed by atoms with van der Waals surface area (Å²) in [6.45, 7) is 1.78. The zero-order chi connectivity index (χ0) is 29.9. The molecule has 0 radical (unpaired) electrons. The Balaban J connectivity index is 1.28. The minimum Gasteiger partial charge on any atom is -0.493 e. The van der Waals surface area contributed by atoms with Gasteiger partial charge in [-0.1, -0.05) is 45.8 Å². The fraction of sp³-hybridized carbons (Fsp3) is 0.0909. The van der Waals surface area contributed by atoms with Crippen LogP contribution in [0.4, 0.5) is 5.69 Å². The van der Waals surface area contributed by atoms with Crippen LogP contribution in [-0.4, -0.2) is 35.5 Å². The number of anilines is 1. The summed E-state index contributed by atoms with van der Waals surface area (Å²) in [6, 6.07) is 27.2. The van der Waals surface area contributed by atoms with Gasteiger partial charge in [0.2, 0.25) is 5.82 Å². The average Bonchev–Trinajstić information content (AvgIpc) is 3.44. The maximum Gasteiger partial charge on any atom is 0.282 e. The van der Waals surface area contributed by atoms with Crippen LogP contribution in [0.2, 0.25) is 0 Å². The van der Waals surface area contributed by atoms with Gasteiger partial charge in [-0.3, -0.25) is 9.59 Å². The summed E-state index contributed by atoms with van der Waals surface area (Å²) < 4.78 is 19.4. The number of aryl methyl sites for hydroxylation is 1. The Morgan fingerprint density at radius 2 is 1.84 bits per heavy atom. The van der Waals surface area contributed by atoms with Gasteiger partial charge < -0.3 is 19.2 Å². The van der Waals surface area contributed by atoms with Gasteiger partial charge in [-0.15, -0.1) is 0 Å². The van der Waals surface area contributed by atoms with Gasteiger partial charge in [0.25, 0.3) is 11.5 Å². The topological polar surface area (TPSA) is 108 Å². The molecule has 0 unspecified atom stereocenters. The number of nitrogens with one attached hydrogen (secondary N) is 1.